The van der Waals surface area contributed by atoms with E-state index in [9.17, 15) is 10.2 Å². The van der Waals surface area contributed by atoms with Crippen LogP contribution in [0.25, 0.3) is 0 Å². The van der Waals surface area contributed by atoms with Gasteiger partial charge in [0.1, 0.15) is 5.75 Å². The average Bonchev–Trinajstić information content (AvgIpc) is 2.17. The highest BCUT2D eigenvalue weighted by molar-refractivity contribution is 5.43. The first kappa shape index (κ1) is 10.5. The molecule has 74 valence electrons. The zero-order valence-corrected chi connectivity index (χ0v) is 7.81. The Kier molecular flexibility index (Phi) is 3.07. The first-order valence-corrected chi connectivity index (χ1v) is 4.23. The fourth-order valence-electron chi connectivity index (χ4n) is 1.15. The molecule has 0 spiro atoms. The molecule has 0 bridgehead atoms. The second kappa shape index (κ2) is 4.09. The van der Waals surface area contributed by atoms with E-state index < -0.39 is 12.1 Å². The van der Waals surface area contributed by atoms with Crippen LogP contribution in [0.2, 0.25) is 0 Å². The number of rotatable bonds is 2. The van der Waals surface area contributed by atoms with Crippen molar-refractivity contribution in [2.24, 2.45) is 5.73 Å². The molecule has 14 heavy (non-hydrogen) atoms. The lowest BCUT2D eigenvalue weighted by molar-refractivity contribution is 0.163. The van der Waals surface area contributed by atoms with Crippen molar-refractivity contribution in [3.63, 3.8) is 0 Å². The minimum atomic E-state index is -0.769. The second-order valence-electron chi connectivity index (χ2n) is 3.15. The van der Waals surface area contributed by atoms with Gasteiger partial charge in [-0.1, -0.05) is 0 Å². The fourth-order valence-corrected chi connectivity index (χ4v) is 1.15. The number of hydrogen-bond donors (Lipinski definition) is 3. The van der Waals surface area contributed by atoms with Gasteiger partial charge in [0.25, 0.3) is 0 Å². The summed E-state index contributed by atoms with van der Waals surface area (Å²) in [6.45, 7) is 1.53. The van der Waals surface area contributed by atoms with Crippen LogP contribution >= 0.6 is 0 Å². The summed E-state index contributed by atoms with van der Waals surface area (Å²) in [6, 6.07) is 5.63. The third-order valence-corrected chi connectivity index (χ3v) is 2.04. The molecule has 1 aromatic rings. The molecule has 4 N–H and O–H groups in total. The molecule has 0 saturated heterocycles. The normalized spacial score (nSPS) is 14.4. The van der Waals surface area contributed by atoms with E-state index in [2.05, 4.69) is 0 Å². The van der Waals surface area contributed by atoms with E-state index >= 15 is 0 Å². The highest BCUT2D eigenvalue weighted by Gasteiger charge is 2.16. The summed E-state index contributed by atoms with van der Waals surface area (Å²) in [5.41, 5.74) is 6.44. The van der Waals surface area contributed by atoms with E-state index in [1.54, 1.807) is 0 Å². The number of phenols is 1. The van der Waals surface area contributed by atoms with Crippen molar-refractivity contribution in [3.8, 4) is 11.8 Å². The summed E-state index contributed by atoms with van der Waals surface area (Å²) in [4.78, 5) is 0. The lowest BCUT2D eigenvalue weighted by Gasteiger charge is -2.16. The number of hydrogen-bond acceptors (Lipinski definition) is 4. The maximum Gasteiger partial charge on any atom is 0.120 e. The minimum Gasteiger partial charge on any atom is -0.508 e. The third kappa shape index (κ3) is 2.02. The van der Waals surface area contributed by atoms with Crippen LogP contribution in [-0.2, 0) is 0 Å². The Labute approximate surface area is 82.2 Å². The number of aromatic hydroxyl groups is 1. The summed E-state index contributed by atoms with van der Waals surface area (Å²) in [5.74, 6) is -0.00241. The molecular formula is C10H12N2O2. The van der Waals surface area contributed by atoms with Crippen LogP contribution in [0, 0.1) is 11.3 Å². The Hall–Kier alpha value is -1.57. The summed E-state index contributed by atoms with van der Waals surface area (Å²) >= 11 is 0. The maximum atomic E-state index is 9.45. The number of nitrogens with zero attached hydrogens (tertiary/aromatic N) is 1. The number of nitriles is 1. The van der Waals surface area contributed by atoms with Gasteiger partial charge >= 0.3 is 0 Å². The van der Waals surface area contributed by atoms with E-state index in [1.165, 1.54) is 25.1 Å². The van der Waals surface area contributed by atoms with Gasteiger partial charge in [-0.3, -0.25) is 0 Å². The van der Waals surface area contributed by atoms with Crippen LogP contribution in [-0.4, -0.2) is 16.3 Å². The van der Waals surface area contributed by atoms with Gasteiger partial charge in [0, 0.05) is 5.56 Å². The van der Waals surface area contributed by atoms with E-state index in [-0.39, 0.29) is 5.75 Å². The molecule has 4 nitrogen and oxygen atoms in total. The molecule has 1 aromatic carbocycles. The number of benzene rings is 1. The molecule has 0 aromatic heterocycles. The van der Waals surface area contributed by atoms with Gasteiger partial charge in [0.05, 0.1) is 23.8 Å². The quantitative estimate of drug-likeness (QED) is 0.641. The summed E-state index contributed by atoms with van der Waals surface area (Å²) < 4.78 is 0. The van der Waals surface area contributed by atoms with Gasteiger partial charge < -0.3 is 15.9 Å². The van der Waals surface area contributed by atoms with Gasteiger partial charge in [-0.25, -0.2) is 0 Å². The Morgan fingerprint density at radius 3 is 2.64 bits per heavy atom. The van der Waals surface area contributed by atoms with Crippen molar-refractivity contribution >= 4 is 0 Å². The standard InChI is InChI=1S/C10H12N2O2/c1-6(13)10(12)8-4-7(5-11)2-3-9(8)14/h2-4,6,10,13-14H,12H2,1H3/t6-,10+/m1/s1. The molecule has 0 saturated carbocycles. The largest absolute Gasteiger partial charge is 0.508 e. The van der Waals surface area contributed by atoms with Crippen molar-refractivity contribution in [1.29, 1.82) is 5.26 Å². The molecule has 0 aliphatic carbocycles. The molecule has 0 fully saturated rings. The van der Waals surface area contributed by atoms with E-state index in [4.69, 9.17) is 11.0 Å². The lowest BCUT2D eigenvalue weighted by atomic mass is 10.0. The third-order valence-electron chi connectivity index (χ3n) is 2.04. The first-order valence-electron chi connectivity index (χ1n) is 4.23. The first-order chi connectivity index (χ1) is 6.56. The fraction of sp³-hybridized carbons (Fsp3) is 0.300. The van der Waals surface area contributed by atoms with Crippen LogP contribution in [0.5, 0.6) is 5.75 Å². The van der Waals surface area contributed by atoms with Gasteiger partial charge in [-0.2, -0.15) is 5.26 Å². The molecule has 0 radical (unpaired) electrons. The molecule has 0 amide bonds. The van der Waals surface area contributed by atoms with E-state index in [0.29, 0.717) is 11.1 Å². The van der Waals surface area contributed by atoms with Gasteiger partial charge in [0.2, 0.25) is 0 Å². The number of aliphatic hydroxyl groups is 1. The maximum absolute atomic E-state index is 9.45. The van der Waals surface area contributed by atoms with Gasteiger partial charge in [-0.15, -0.1) is 0 Å². The summed E-state index contributed by atoms with van der Waals surface area (Å²) in [6.07, 6.45) is -0.769. The predicted octanol–water partition coefficient (Wildman–Crippen LogP) is 0.644. The zero-order chi connectivity index (χ0) is 10.7. The van der Waals surface area contributed by atoms with Crippen LogP contribution < -0.4 is 5.73 Å². The number of phenolic OH excluding ortho intramolecular Hbond substituents is 1. The van der Waals surface area contributed by atoms with E-state index in [0.717, 1.165) is 0 Å². The summed E-state index contributed by atoms with van der Waals surface area (Å²) in [5, 5.41) is 27.3. The Balaban J connectivity index is 3.13. The average molecular weight is 192 g/mol. The Morgan fingerprint density at radius 1 is 1.50 bits per heavy atom. The molecule has 0 aliphatic heterocycles. The topological polar surface area (TPSA) is 90.3 Å². The summed E-state index contributed by atoms with van der Waals surface area (Å²) in [7, 11) is 0. The zero-order valence-electron chi connectivity index (χ0n) is 7.81. The second-order valence-corrected chi connectivity index (χ2v) is 3.15. The van der Waals surface area contributed by atoms with Crippen LogP contribution in [0.15, 0.2) is 18.2 Å². The predicted molar refractivity (Wildman–Crippen MR) is 51.4 cm³/mol. The van der Waals surface area contributed by atoms with Crippen LogP contribution in [0.4, 0.5) is 0 Å². The molecule has 4 heteroatoms. The van der Waals surface area contributed by atoms with Crippen molar-refractivity contribution in [2.75, 3.05) is 0 Å². The SMILES string of the molecule is C[C@@H](O)[C@H](N)c1cc(C#N)ccc1O. The van der Waals surface area contributed by atoms with Gasteiger partial charge in [0.15, 0.2) is 0 Å². The lowest BCUT2D eigenvalue weighted by Crippen LogP contribution is -2.23. The molecule has 1 rings (SSSR count). The smallest absolute Gasteiger partial charge is 0.120 e. The Morgan fingerprint density at radius 2 is 2.14 bits per heavy atom. The molecule has 0 aliphatic rings. The number of nitrogens with two attached hydrogens (primary N) is 1. The van der Waals surface area contributed by atoms with Crippen molar-refractivity contribution < 1.29 is 10.2 Å². The monoisotopic (exact) mass is 192 g/mol. The highest BCUT2D eigenvalue weighted by Crippen LogP contribution is 2.25. The minimum absolute atomic E-state index is 0.00241. The highest BCUT2D eigenvalue weighted by atomic mass is 16.3. The van der Waals surface area contributed by atoms with E-state index in [1.807, 2.05) is 6.07 Å². The van der Waals surface area contributed by atoms with Crippen LogP contribution in [0.3, 0.4) is 0 Å². The van der Waals surface area contributed by atoms with Crippen LogP contribution in [0.1, 0.15) is 24.1 Å². The van der Waals surface area contributed by atoms with Crippen molar-refractivity contribution in [3.05, 3.63) is 29.3 Å². The Bertz CT molecular complexity index is 369. The molecule has 2 atom stereocenters. The molecule has 0 unspecified atom stereocenters. The molecule has 0 heterocycles. The van der Waals surface area contributed by atoms with Crippen molar-refractivity contribution in [1.82, 2.24) is 0 Å². The number of aliphatic hydroxyl groups excluding tert-OH is 1. The van der Waals surface area contributed by atoms with Crippen molar-refractivity contribution in [2.45, 2.75) is 19.1 Å². The van der Waals surface area contributed by atoms with Gasteiger partial charge in [-0.05, 0) is 25.1 Å². The molecular weight excluding hydrogens is 180 g/mol.